The van der Waals surface area contributed by atoms with Gasteiger partial charge in [0.15, 0.2) is 5.65 Å². The van der Waals surface area contributed by atoms with Gasteiger partial charge in [0, 0.05) is 37.7 Å². The number of fused-ring (bicyclic) bond motifs is 1. The number of hydrogen-bond acceptors (Lipinski definition) is 4. The summed E-state index contributed by atoms with van der Waals surface area (Å²) in [5.41, 5.74) is 0.987. The molecule has 24 heavy (non-hydrogen) atoms. The topological polar surface area (TPSA) is 72.5 Å². The van der Waals surface area contributed by atoms with E-state index in [0.717, 1.165) is 24.9 Å². The molecule has 0 N–H and O–H groups in total. The fourth-order valence-corrected chi connectivity index (χ4v) is 3.09. The van der Waals surface area contributed by atoms with E-state index in [1.54, 1.807) is 40.3 Å². The average molecular weight is 323 g/mol. The number of carbonyl (C=O) groups excluding carboxylic acids is 1. The zero-order valence-electron chi connectivity index (χ0n) is 13.1. The average Bonchev–Trinajstić information content (AvgIpc) is 3.08. The summed E-state index contributed by atoms with van der Waals surface area (Å²) in [7, 11) is 0. The smallest absolute Gasteiger partial charge is 0.286 e. The highest BCUT2D eigenvalue weighted by Crippen LogP contribution is 2.12. The first kappa shape index (κ1) is 14.6. The summed E-state index contributed by atoms with van der Waals surface area (Å²) in [6, 6.07) is 5.38. The van der Waals surface area contributed by atoms with Crippen molar-refractivity contribution in [2.24, 2.45) is 0 Å². The normalized spacial score (nSPS) is 14.9. The van der Waals surface area contributed by atoms with Gasteiger partial charge in [0.25, 0.3) is 11.5 Å². The highest BCUT2D eigenvalue weighted by Gasteiger charge is 2.22. The third-order valence-electron chi connectivity index (χ3n) is 4.33. The first-order chi connectivity index (χ1) is 11.8. The van der Waals surface area contributed by atoms with E-state index in [0.29, 0.717) is 18.7 Å². The van der Waals surface area contributed by atoms with Crippen LogP contribution in [-0.2, 0) is 0 Å². The summed E-state index contributed by atoms with van der Waals surface area (Å²) < 4.78 is 3.07. The molecule has 0 aromatic carbocycles. The molecule has 0 saturated carbocycles. The molecule has 0 unspecified atom stereocenters. The minimum absolute atomic E-state index is 0.109. The van der Waals surface area contributed by atoms with E-state index in [4.69, 9.17) is 0 Å². The van der Waals surface area contributed by atoms with Gasteiger partial charge < -0.3 is 4.90 Å². The van der Waals surface area contributed by atoms with Crippen LogP contribution >= 0.6 is 0 Å². The summed E-state index contributed by atoms with van der Waals surface area (Å²) in [5, 5.41) is 0. The second-order valence-electron chi connectivity index (χ2n) is 5.87. The summed E-state index contributed by atoms with van der Waals surface area (Å²) >= 11 is 0. The maximum absolute atomic E-state index is 12.9. The van der Waals surface area contributed by atoms with Crippen molar-refractivity contribution < 1.29 is 4.79 Å². The quantitative estimate of drug-likeness (QED) is 0.716. The molecule has 1 aliphatic rings. The van der Waals surface area contributed by atoms with Crippen molar-refractivity contribution in [1.29, 1.82) is 0 Å². The summed E-state index contributed by atoms with van der Waals surface area (Å²) in [5.74, 6) is -0.236. The first-order valence-electron chi connectivity index (χ1n) is 8.05. The van der Waals surface area contributed by atoms with Crippen LogP contribution in [0.25, 0.3) is 11.3 Å². The van der Waals surface area contributed by atoms with E-state index >= 15 is 0 Å². The van der Waals surface area contributed by atoms with Crippen molar-refractivity contribution in [2.75, 3.05) is 13.1 Å². The predicted octanol–water partition coefficient (Wildman–Crippen LogP) is 1.51. The van der Waals surface area contributed by atoms with Gasteiger partial charge in [-0.1, -0.05) is 0 Å². The minimum atomic E-state index is -0.357. The van der Waals surface area contributed by atoms with Crippen LogP contribution in [0.5, 0.6) is 0 Å². The maximum atomic E-state index is 12.9. The van der Waals surface area contributed by atoms with E-state index < -0.39 is 0 Å². The molecule has 0 bridgehead atoms. The number of carbonyl (C=O) groups is 1. The molecule has 122 valence electrons. The van der Waals surface area contributed by atoms with Gasteiger partial charge >= 0.3 is 0 Å². The Morgan fingerprint density at radius 1 is 1.08 bits per heavy atom. The van der Waals surface area contributed by atoms with E-state index in [2.05, 4.69) is 9.97 Å². The lowest BCUT2D eigenvalue weighted by Crippen LogP contribution is -2.39. The molecule has 4 rings (SSSR count). The van der Waals surface area contributed by atoms with Gasteiger partial charge in [0.2, 0.25) is 0 Å². The second kappa shape index (κ2) is 5.92. The lowest BCUT2D eigenvalue weighted by Gasteiger charge is -2.26. The Morgan fingerprint density at radius 2 is 1.92 bits per heavy atom. The van der Waals surface area contributed by atoms with Crippen molar-refractivity contribution in [3.63, 3.8) is 0 Å². The lowest BCUT2D eigenvalue weighted by atomic mass is 10.1. The number of piperidine rings is 1. The van der Waals surface area contributed by atoms with Crippen molar-refractivity contribution >= 4 is 11.6 Å². The molecule has 0 spiro atoms. The van der Waals surface area contributed by atoms with Gasteiger partial charge in [-0.2, -0.15) is 4.52 Å². The fourth-order valence-electron chi connectivity index (χ4n) is 3.09. The molecule has 0 radical (unpaired) electrons. The van der Waals surface area contributed by atoms with Gasteiger partial charge in [-0.3, -0.25) is 19.3 Å². The maximum Gasteiger partial charge on any atom is 0.286 e. The van der Waals surface area contributed by atoms with Gasteiger partial charge in [-0.15, -0.1) is 0 Å². The van der Waals surface area contributed by atoms with Gasteiger partial charge in [-0.25, -0.2) is 4.98 Å². The molecular weight excluding hydrogens is 306 g/mol. The standard InChI is InChI=1S/C17H17N5O2/c23-16(20-8-2-1-3-9-20)14-12-19-15-6-10-21(22(15)17(14)24)13-5-4-7-18-11-13/h4-7,10-12H,1-3,8-9H2. The van der Waals surface area contributed by atoms with E-state index in [9.17, 15) is 9.59 Å². The largest absolute Gasteiger partial charge is 0.338 e. The van der Waals surface area contributed by atoms with Crippen LogP contribution < -0.4 is 5.56 Å². The highest BCUT2D eigenvalue weighted by atomic mass is 16.2. The number of hydrogen-bond donors (Lipinski definition) is 0. The predicted molar refractivity (Wildman–Crippen MR) is 88.3 cm³/mol. The Bertz CT molecular complexity index is 939. The molecule has 1 fully saturated rings. The van der Waals surface area contributed by atoms with Gasteiger partial charge in [0.1, 0.15) is 5.56 Å². The summed E-state index contributed by atoms with van der Waals surface area (Å²) in [6.07, 6.45) is 9.55. The van der Waals surface area contributed by atoms with Crippen LogP contribution in [0.2, 0.25) is 0 Å². The molecule has 1 amide bonds. The van der Waals surface area contributed by atoms with Crippen LogP contribution in [0, 0.1) is 0 Å². The Balaban J connectivity index is 1.83. The minimum Gasteiger partial charge on any atom is -0.338 e. The highest BCUT2D eigenvalue weighted by molar-refractivity contribution is 5.93. The monoisotopic (exact) mass is 323 g/mol. The zero-order valence-corrected chi connectivity index (χ0v) is 13.1. The van der Waals surface area contributed by atoms with E-state index in [1.165, 1.54) is 10.7 Å². The molecule has 0 aliphatic carbocycles. The van der Waals surface area contributed by atoms with Crippen LogP contribution in [0.3, 0.4) is 0 Å². The third kappa shape index (κ3) is 2.38. The first-order valence-corrected chi connectivity index (χ1v) is 8.05. The van der Waals surface area contributed by atoms with Crippen molar-refractivity contribution in [1.82, 2.24) is 24.1 Å². The second-order valence-corrected chi connectivity index (χ2v) is 5.87. The van der Waals surface area contributed by atoms with Crippen LogP contribution in [0.4, 0.5) is 0 Å². The van der Waals surface area contributed by atoms with Gasteiger partial charge in [0.05, 0.1) is 11.9 Å². The van der Waals surface area contributed by atoms with Crippen molar-refractivity contribution in [3.8, 4) is 5.69 Å². The molecule has 7 nitrogen and oxygen atoms in total. The molecule has 4 heterocycles. The van der Waals surface area contributed by atoms with Gasteiger partial charge in [-0.05, 0) is 31.4 Å². The van der Waals surface area contributed by atoms with Crippen LogP contribution in [0.1, 0.15) is 29.6 Å². The molecule has 7 heteroatoms. The number of amides is 1. The number of pyridine rings is 1. The Morgan fingerprint density at radius 3 is 2.67 bits per heavy atom. The van der Waals surface area contributed by atoms with E-state index in [1.807, 2.05) is 6.07 Å². The zero-order chi connectivity index (χ0) is 16.5. The van der Waals surface area contributed by atoms with E-state index in [-0.39, 0.29) is 17.0 Å². The van der Waals surface area contributed by atoms with Crippen molar-refractivity contribution in [3.05, 3.63) is 58.9 Å². The Labute approximate surface area is 138 Å². The molecule has 1 aliphatic heterocycles. The Hall–Kier alpha value is -2.96. The number of aromatic nitrogens is 4. The number of rotatable bonds is 2. The molecule has 1 saturated heterocycles. The van der Waals surface area contributed by atoms with Crippen LogP contribution in [-0.4, -0.2) is 43.1 Å². The number of nitrogens with zero attached hydrogens (tertiary/aromatic N) is 5. The van der Waals surface area contributed by atoms with Crippen molar-refractivity contribution in [2.45, 2.75) is 19.3 Å². The van der Waals surface area contributed by atoms with Crippen LogP contribution in [0.15, 0.2) is 47.8 Å². The molecule has 0 atom stereocenters. The molecule has 3 aromatic heterocycles. The Kier molecular flexibility index (Phi) is 3.60. The molecular formula is C17H17N5O2. The SMILES string of the molecule is O=C(c1cnc2ccn(-c3cccnc3)n2c1=O)N1CCCCC1. The third-order valence-corrected chi connectivity index (χ3v) is 4.33. The molecule has 3 aromatic rings. The fraction of sp³-hybridized carbons (Fsp3) is 0.294. The summed E-state index contributed by atoms with van der Waals surface area (Å²) in [6.45, 7) is 1.40. The summed E-state index contributed by atoms with van der Waals surface area (Å²) in [4.78, 5) is 35.7. The number of likely N-dealkylation sites (tertiary alicyclic amines) is 1. The lowest BCUT2D eigenvalue weighted by molar-refractivity contribution is 0.0721.